The van der Waals surface area contributed by atoms with Crippen molar-refractivity contribution in [1.82, 2.24) is 5.32 Å². The largest absolute Gasteiger partial charge is 0.444 e. The molecular weight excluding hydrogens is 242 g/mol. The highest BCUT2D eigenvalue weighted by molar-refractivity contribution is 5.69. The SMILES string of the molecule is Cc1ccc2c(c1)C[C@@H](O)[C@H]2NC(=O)OC(C)(C)C. The summed E-state index contributed by atoms with van der Waals surface area (Å²) in [5.41, 5.74) is 2.69. The number of ether oxygens (including phenoxy) is 1. The average molecular weight is 263 g/mol. The molecule has 2 rings (SSSR count). The highest BCUT2D eigenvalue weighted by atomic mass is 16.6. The maximum absolute atomic E-state index is 11.8. The van der Waals surface area contributed by atoms with Crippen LogP contribution in [0.3, 0.4) is 0 Å². The maximum atomic E-state index is 11.8. The number of amides is 1. The number of aliphatic hydroxyl groups excluding tert-OH is 1. The summed E-state index contributed by atoms with van der Waals surface area (Å²) < 4.78 is 5.23. The molecular formula is C15H21NO3. The molecule has 0 heterocycles. The number of rotatable bonds is 1. The first-order chi connectivity index (χ1) is 8.76. The van der Waals surface area contributed by atoms with E-state index in [1.54, 1.807) is 0 Å². The predicted octanol–water partition coefficient (Wildman–Crippen LogP) is 2.48. The Balaban J connectivity index is 2.12. The Morgan fingerprint density at radius 2 is 2.11 bits per heavy atom. The molecule has 0 unspecified atom stereocenters. The van der Waals surface area contributed by atoms with Gasteiger partial charge in [0.05, 0.1) is 12.1 Å². The third kappa shape index (κ3) is 3.26. The summed E-state index contributed by atoms with van der Waals surface area (Å²) in [6.07, 6.45) is -0.522. The number of aliphatic hydroxyl groups is 1. The summed E-state index contributed by atoms with van der Waals surface area (Å²) in [5.74, 6) is 0. The van der Waals surface area contributed by atoms with E-state index in [1.165, 1.54) is 0 Å². The molecule has 0 saturated heterocycles. The zero-order valence-electron chi connectivity index (χ0n) is 11.9. The second-order valence-electron chi connectivity index (χ2n) is 6.10. The van der Waals surface area contributed by atoms with Gasteiger partial charge < -0.3 is 15.2 Å². The van der Waals surface area contributed by atoms with Gasteiger partial charge in [-0.1, -0.05) is 23.8 Å². The molecule has 1 aliphatic rings. The molecule has 1 amide bonds. The summed E-state index contributed by atoms with van der Waals surface area (Å²) >= 11 is 0. The predicted molar refractivity (Wildman–Crippen MR) is 73.0 cm³/mol. The van der Waals surface area contributed by atoms with E-state index in [9.17, 15) is 9.90 Å². The van der Waals surface area contributed by atoms with Gasteiger partial charge in [0, 0.05) is 6.42 Å². The third-order valence-electron chi connectivity index (χ3n) is 3.12. The van der Waals surface area contributed by atoms with E-state index >= 15 is 0 Å². The van der Waals surface area contributed by atoms with Gasteiger partial charge in [0.25, 0.3) is 0 Å². The first-order valence-electron chi connectivity index (χ1n) is 6.53. The average Bonchev–Trinajstić information content (AvgIpc) is 2.51. The Labute approximate surface area is 113 Å². The summed E-state index contributed by atoms with van der Waals surface area (Å²) in [6.45, 7) is 7.46. The van der Waals surface area contributed by atoms with Gasteiger partial charge in [-0.05, 0) is 38.8 Å². The second kappa shape index (κ2) is 4.85. The molecule has 1 aromatic rings. The Morgan fingerprint density at radius 1 is 1.42 bits per heavy atom. The number of aryl methyl sites for hydroxylation is 1. The van der Waals surface area contributed by atoms with Crippen LogP contribution in [0.5, 0.6) is 0 Å². The third-order valence-corrected chi connectivity index (χ3v) is 3.12. The fraction of sp³-hybridized carbons (Fsp3) is 0.533. The van der Waals surface area contributed by atoms with Crippen molar-refractivity contribution in [2.24, 2.45) is 0 Å². The minimum Gasteiger partial charge on any atom is -0.444 e. The number of fused-ring (bicyclic) bond motifs is 1. The van der Waals surface area contributed by atoms with Gasteiger partial charge in [-0.2, -0.15) is 0 Å². The van der Waals surface area contributed by atoms with Crippen molar-refractivity contribution in [2.45, 2.75) is 51.9 Å². The minimum absolute atomic E-state index is 0.384. The Kier molecular flexibility index (Phi) is 3.54. The van der Waals surface area contributed by atoms with Gasteiger partial charge >= 0.3 is 6.09 Å². The first kappa shape index (κ1) is 13.9. The lowest BCUT2D eigenvalue weighted by Crippen LogP contribution is -2.38. The Morgan fingerprint density at radius 3 is 2.74 bits per heavy atom. The fourth-order valence-corrected chi connectivity index (χ4v) is 2.37. The van der Waals surface area contributed by atoms with E-state index in [0.717, 1.165) is 16.7 Å². The summed E-state index contributed by atoms with van der Waals surface area (Å²) in [7, 11) is 0. The van der Waals surface area contributed by atoms with Gasteiger partial charge in [-0.3, -0.25) is 0 Å². The Bertz CT molecular complexity index is 491. The van der Waals surface area contributed by atoms with Crippen LogP contribution in [-0.4, -0.2) is 22.9 Å². The van der Waals surface area contributed by atoms with Crippen LogP contribution in [0.25, 0.3) is 0 Å². The molecule has 104 valence electrons. The summed E-state index contributed by atoms with van der Waals surface area (Å²) in [4.78, 5) is 11.8. The number of hydrogen-bond donors (Lipinski definition) is 2. The van der Waals surface area contributed by atoms with E-state index in [1.807, 2.05) is 39.8 Å². The molecule has 0 saturated carbocycles. The topological polar surface area (TPSA) is 58.6 Å². The van der Waals surface area contributed by atoms with Crippen molar-refractivity contribution in [1.29, 1.82) is 0 Å². The molecule has 2 N–H and O–H groups in total. The number of benzene rings is 1. The van der Waals surface area contributed by atoms with E-state index < -0.39 is 17.8 Å². The number of hydrogen-bond acceptors (Lipinski definition) is 3. The summed E-state index contributed by atoms with van der Waals surface area (Å²) in [5, 5.41) is 12.8. The number of alkyl carbamates (subject to hydrolysis) is 1. The van der Waals surface area contributed by atoms with Gasteiger partial charge in [0.2, 0.25) is 0 Å². The van der Waals surface area contributed by atoms with Crippen molar-refractivity contribution in [3.8, 4) is 0 Å². The van der Waals surface area contributed by atoms with Crippen molar-refractivity contribution in [3.63, 3.8) is 0 Å². The zero-order valence-corrected chi connectivity index (χ0v) is 11.9. The van der Waals surface area contributed by atoms with Crippen LogP contribution in [-0.2, 0) is 11.2 Å². The number of carbonyl (C=O) groups excluding carboxylic acids is 1. The first-order valence-corrected chi connectivity index (χ1v) is 6.53. The highest BCUT2D eigenvalue weighted by Gasteiger charge is 2.33. The molecule has 2 atom stereocenters. The van der Waals surface area contributed by atoms with E-state index in [4.69, 9.17) is 4.74 Å². The van der Waals surface area contributed by atoms with E-state index in [2.05, 4.69) is 11.4 Å². The molecule has 4 nitrogen and oxygen atoms in total. The van der Waals surface area contributed by atoms with Crippen molar-refractivity contribution >= 4 is 6.09 Å². The molecule has 0 aliphatic heterocycles. The molecule has 4 heteroatoms. The lowest BCUT2D eigenvalue weighted by Gasteiger charge is -2.23. The lowest BCUT2D eigenvalue weighted by molar-refractivity contribution is 0.0438. The molecule has 0 spiro atoms. The molecule has 0 fully saturated rings. The second-order valence-corrected chi connectivity index (χ2v) is 6.10. The summed E-state index contributed by atoms with van der Waals surface area (Å²) in [6, 6.07) is 5.62. The molecule has 0 bridgehead atoms. The highest BCUT2D eigenvalue weighted by Crippen LogP contribution is 2.32. The smallest absolute Gasteiger partial charge is 0.408 e. The quantitative estimate of drug-likeness (QED) is 0.818. The Hall–Kier alpha value is -1.55. The van der Waals surface area contributed by atoms with Crippen LogP contribution in [0, 0.1) is 6.92 Å². The van der Waals surface area contributed by atoms with E-state index in [-0.39, 0.29) is 6.04 Å². The van der Waals surface area contributed by atoms with Gasteiger partial charge in [0.1, 0.15) is 5.60 Å². The van der Waals surface area contributed by atoms with E-state index in [0.29, 0.717) is 6.42 Å². The van der Waals surface area contributed by atoms with Crippen molar-refractivity contribution < 1.29 is 14.6 Å². The van der Waals surface area contributed by atoms with Crippen LogP contribution in [0.15, 0.2) is 18.2 Å². The zero-order chi connectivity index (χ0) is 14.2. The van der Waals surface area contributed by atoms with Crippen LogP contribution in [0.1, 0.15) is 43.5 Å². The van der Waals surface area contributed by atoms with Crippen LogP contribution in [0.4, 0.5) is 4.79 Å². The van der Waals surface area contributed by atoms with Crippen molar-refractivity contribution in [2.75, 3.05) is 0 Å². The molecule has 1 aliphatic carbocycles. The van der Waals surface area contributed by atoms with Gasteiger partial charge in [-0.25, -0.2) is 4.79 Å². The lowest BCUT2D eigenvalue weighted by atomic mass is 10.1. The maximum Gasteiger partial charge on any atom is 0.408 e. The normalized spacial score (nSPS) is 21.9. The van der Waals surface area contributed by atoms with Gasteiger partial charge in [-0.15, -0.1) is 0 Å². The van der Waals surface area contributed by atoms with Crippen LogP contribution < -0.4 is 5.32 Å². The molecule has 1 aromatic carbocycles. The number of nitrogens with one attached hydrogen (secondary N) is 1. The van der Waals surface area contributed by atoms with Crippen molar-refractivity contribution in [3.05, 3.63) is 34.9 Å². The van der Waals surface area contributed by atoms with Gasteiger partial charge in [0.15, 0.2) is 0 Å². The molecule has 0 radical (unpaired) electrons. The van der Waals surface area contributed by atoms with Crippen LogP contribution >= 0.6 is 0 Å². The number of carbonyl (C=O) groups is 1. The molecule has 0 aromatic heterocycles. The minimum atomic E-state index is -0.593. The van der Waals surface area contributed by atoms with Crippen LogP contribution in [0.2, 0.25) is 0 Å². The monoisotopic (exact) mass is 263 g/mol. The fourth-order valence-electron chi connectivity index (χ4n) is 2.37. The molecule has 19 heavy (non-hydrogen) atoms. The standard InChI is InChI=1S/C15H21NO3/c1-9-5-6-11-10(7-9)8-12(17)13(11)16-14(18)19-15(2,3)4/h5-7,12-13,17H,8H2,1-4H3,(H,16,18)/t12-,13+/m1/s1.